The Hall–Kier alpha value is -2.30. The third-order valence-electron chi connectivity index (χ3n) is 4.66. The van der Waals surface area contributed by atoms with Crippen LogP contribution in [-0.2, 0) is 6.54 Å². The fraction of sp³-hybridized carbons (Fsp3) is 0.474. The first-order valence-corrected chi connectivity index (χ1v) is 8.77. The van der Waals surface area contributed by atoms with Gasteiger partial charge in [0.1, 0.15) is 11.6 Å². The minimum Gasteiger partial charge on any atom is -0.496 e. The summed E-state index contributed by atoms with van der Waals surface area (Å²) in [5.41, 5.74) is 1.10. The number of hydrogen-bond acceptors (Lipinski definition) is 5. The van der Waals surface area contributed by atoms with E-state index in [4.69, 9.17) is 9.72 Å². The van der Waals surface area contributed by atoms with Gasteiger partial charge in [0.15, 0.2) is 0 Å². The maximum absolute atomic E-state index is 5.39. The number of aromatic nitrogens is 2. The quantitative estimate of drug-likeness (QED) is 0.873. The molecule has 1 saturated heterocycles. The van der Waals surface area contributed by atoms with Crippen LogP contribution >= 0.6 is 0 Å². The number of rotatable bonds is 6. The molecule has 0 aliphatic carbocycles. The van der Waals surface area contributed by atoms with Crippen LogP contribution in [0.3, 0.4) is 0 Å². The van der Waals surface area contributed by atoms with Gasteiger partial charge in [-0.05, 0) is 37.8 Å². The second-order valence-corrected chi connectivity index (χ2v) is 6.16. The third-order valence-corrected chi connectivity index (χ3v) is 4.66. The maximum Gasteiger partial charge on any atom is 0.224 e. The second-order valence-electron chi connectivity index (χ2n) is 6.16. The average molecular weight is 326 g/mol. The Bertz CT molecular complexity index is 661. The Morgan fingerprint density at radius 1 is 1.25 bits per heavy atom. The van der Waals surface area contributed by atoms with Gasteiger partial charge in [0.2, 0.25) is 5.95 Å². The summed E-state index contributed by atoms with van der Waals surface area (Å²) in [4.78, 5) is 11.5. The largest absolute Gasteiger partial charge is 0.496 e. The van der Waals surface area contributed by atoms with Crippen molar-refractivity contribution in [2.24, 2.45) is 0 Å². The van der Waals surface area contributed by atoms with E-state index >= 15 is 0 Å². The molecule has 24 heavy (non-hydrogen) atoms. The molecule has 0 amide bonds. The zero-order valence-corrected chi connectivity index (χ0v) is 14.5. The van der Waals surface area contributed by atoms with Crippen molar-refractivity contribution in [3.63, 3.8) is 0 Å². The molecule has 1 atom stereocenters. The number of methoxy groups -OCH3 is 1. The third kappa shape index (κ3) is 3.78. The van der Waals surface area contributed by atoms with Gasteiger partial charge in [0, 0.05) is 30.9 Å². The molecule has 2 aromatic rings. The molecule has 1 aromatic heterocycles. The predicted octanol–water partition coefficient (Wildman–Crippen LogP) is 3.87. The summed E-state index contributed by atoms with van der Waals surface area (Å²) in [7, 11) is 1.69. The number of ether oxygens (including phenoxy) is 1. The maximum atomic E-state index is 5.39. The molecule has 0 spiro atoms. The number of anilines is 2. The van der Waals surface area contributed by atoms with Crippen molar-refractivity contribution in [3.05, 3.63) is 42.1 Å². The Balaban J connectivity index is 1.71. The van der Waals surface area contributed by atoms with Gasteiger partial charge in [0.05, 0.1) is 7.11 Å². The minimum atomic E-state index is 0.593. The van der Waals surface area contributed by atoms with Crippen molar-refractivity contribution in [1.82, 2.24) is 9.97 Å². The molecule has 5 nitrogen and oxygen atoms in total. The van der Waals surface area contributed by atoms with Gasteiger partial charge in [-0.3, -0.25) is 0 Å². The summed E-state index contributed by atoms with van der Waals surface area (Å²) in [5, 5.41) is 3.32. The van der Waals surface area contributed by atoms with Gasteiger partial charge in [0.25, 0.3) is 0 Å². The molecule has 1 aromatic carbocycles. The number of nitrogens with zero attached hydrogens (tertiary/aromatic N) is 3. The van der Waals surface area contributed by atoms with Gasteiger partial charge in [-0.15, -0.1) is 0 Å². The van der Waals surface area contributed by atoms with Gasteiger partial charge >= 0.3 is 0 Å². The molecule has 1 aliphatic heterocycles. The summed E-state index contributed by atoms with van der Waals surface area (Å²) in [5.74, 6) is 2.57. The minimum absolute atomic E-state index is 0.593. The fourth-order valence-electron chi connectivity index (χ4n) is 3.34. The highest BCUT2D eigenvalue weighted by molar-refractivity contribution is 5.45. The van der Waals surface area contributed by atoms with E-state index in [0.717, 1.165) is 30.1 Å². The topological polar surface area (TPSA) is 50.3 Å². The lowest BCUT2D eigenvalue weighted by Crippen LogP contribution is -2.39. The van der Waals surface area contributed by atoms with Crippen molar-refractivity contribution in [3.8, 4) is 5.75 Å². The number of benzene rings is 1. The van der Waals surface area contributed by atoms with Crippen molar-refractivity contribution in [2.75, 3.05) is 23.9 Å². The first kappa shape index (κ1) is 16.6. The smallest absolute Gasteiger partial charge is 0.224 e. The highest BCUT2D eigenvalue weighted by atomic mass is 16.5. The summed E-state index contributed by atoms with van der Waals surface area (Å²) in [6, 6.07) is 10.6. The Morgan fingerprint density at radius 2 is 2.12 bits per heavy atom. The molecule has 128 valence electrons. The summed E-state index contributed by atoms with van der Waals surface area (Å²) < 4.78 is 5.39. The molecule has 1 N–H and O–H groups in total. The van der Waals surface area contributed by atoms with Crippen LogP contribution in [0.15, 0.2) is 36.5 Å². The average Bonchev–Trinajstić information content (AvgIpc) is 2.66. The number of nitrogens with one attached hydrogen (secondary N) is 1. The molecule has 1 fully saturated rings. The van der Waals surface area contributed by atoms with Crippen LogP contribution in [-0.4, -0.2) is 29.7 Å². The van der Waals surface area contributed by atoms with Gasteiger partial charge < -0.3 is 15.0 Å². The SMILES string of the molecule is CCC1CCCCN1c1ccnc(NCc2ccccc2OC)n1. The van der Waals surface area contributed by atoms with Crippen LogP contribution < -0.4 is 15.0 Å². The Kier molecular flexibility index (Phi) is 5.51. The standard InChI is InChI=1S/C19H26N4O/c1-3-16-9-6-7-13-23(16)18-11-12-20-19(22-18)21-14-15-8-4-5-10-17(15)24-2/h4-5,8,10-12,16H,3,6-7,9,13-14H2,1-2H3,(H,20,21,22). The van der Waals surface area contributed by atoms with Gasteiger partial charge in [-0.2, -0.15) is 4.98 Å². The molecule has 1 unspecified atom stereocenters. The Labute approximate surface area is 144 Å². The molecule has 5 heteroatoms. The normalized spacial score (nSPS) is 17.6. The highest BCUT2D eigenvalue weighted by Crippen LogP contribution is 2.25. The molecule has 1 aliphatic rings. The first-order chi connectivity index (χ1) is 11.8. The monoisotopic (exact) mass is 326 g/mol. The number of piperidine rings is 1. The van der Waals surface area contributed by atoms with Gasteiger partial charge in [-0.25, -0.2) is 4.98 Å². The van der Waals surface area contributed by atoms with Crippen molar-refractivity contribution in [1.29, 1.82) is 0 Å². The number of hydrogen-bond donors (Lipinski definition) is 1. The molecule has 0 radical (unpaired) electrons. The zero-order valence-electron chi connectivity index (χ0n) is 14.5. The van der Waals surface area contributed by atoms with E-state index in [-0.39, 0.29) is 0 Å². The molecular weight excluding hydrogens is 300 g/mol. The van der Waals surface area contributed by atoms with Crippen LogP contribution in [0.2, 0.25) is 0 Å². The lowest BCUT2D eigenvalue weighted by atomic mass is 10.0. The molecule has 2 heterocycles. The van der Waals surface area contributed by atoms with Crippen LogP contribution in [0.25, 0.3) is 0 Å². The van der Waals surface area contributed by atoms with Crippen molar-refractivity contribution >= 4 is 11.8 Å². The van der Waals surface area contributed by atoms with Crippen LogP contribution in [0.4, 0.5) is 11.8 Å². The lowest BCUT2D eigenvalue weighted by molar-refractivity contribution is 0.410. The molecule has 0 saturated carbocycles. The molecule has 0 bridgehead atoms. The van der Waals surface area contributed by atoms with E-state index in [1.54, 1.807) is 7.11 Å². The van der Waals surface area contributed by atoms with E-state index < -0.39 is 0 Å². The van der Waals surface area contributed by atoms with E-state index in [1.807, 2.05) is 36.5 Å². The summed E-state index contributed by atoms with van der Waals surface area (Å²) in [6.07, 6.45) is 6.82. The second kappa shape index (κ2) is 7.99. The number of para-hydroxylation sites is 1. The molecular formula is C19H26N4O. The molecule has 3 rings (SSSR count). The van der Waals surface area contributed by atoms with E-state index in [1.165, 1.54) is 19.3 Å². The van der Waals surface area contributed by atoms with E-state index in [9.17, 15) is 0 Å². The van der Waals surface area contributed by atoms with Gasteiger partial charge in [-0.1, -0.05) is 25.1 Å². The van der Waals surface area contributed by atoms with Crippen LogP contribution in [0.1, 0.15) is 38.2 Å². The summed E-state index contributed by atoms with van der Waals surface area (Å²) in [6.45, 7) is 3.98. The van der Waals surface area contributed by atoms with E-state index in [0.29, 0.717) is 18.5 Å². The zero-order chi connectivity index (χ0) is 16.8. The van der Waals surface area contributed by atoms with Crippen molar-refractivity contribution in [2.45, 2.75) is 45.2 Å². The van der Waals surface area contributed by atoms with Crippen molar-refractivity contribution < 1.29 is 4.74 Å². The summed E-state index contributed by atoms with van der Waals surface area (Å²) >= 11 is 0. The lowest BCUT2D eigenvalue weighted by Gasteiger charge is -2.36. The fourth-order valence-corrected chi connectivity index (χ4v) is 3.34. The van der Waals surface area contributed by atoms with Crippen LogP contribution in [0.5, 0.6) is 5.75 Å². The predicted molar refractivity (Wildman–Crippen MR) is 97.6 cm³/mol. The highest BCUT2D eigenvalue weighted by Gasteiger charge is 2.22. The Morgan fingerprint density at radius 3 is 2.96 bits per heavy atom. The first-order valence-electron chi connectivity index (χ1n) is 8.77. The van der Waals surface area contributed by atoms with Crippen LogP contribution in [0, 0.1) is 0 Å². The van der Waals surface area contributed by atoms with E-state index in [2.05, 4.69) is 22.1 Å².